The van der Waals surface area contributed by atoms with Crippen LogP contribution in [-0.4, -0.2) is 33.5 Å². The number of nitrogens with two attached hydrogens (primary N) is 1. The van der Waals surface area contributed by atoms with Crippen molar-refractivity contribution in [3.63, 3.8) is 0 Å². The van der Waals surface area contributed by atoms with Crippen LogP contribution in [0.25, 0.3) is 11.2 Å². The number of nitrogen functional groups attached to an aromatic ring is 1. The highest BCUT2D eigenvalue weighted by Crippen LogP contribution is 2.20. The number of aromatic amines is 1. The number of fused-ring (bicyclic) bond motifs is 1. The predicted octanol–water partition coefficient (Wildman–Crippen LogP) is 1.34. The van der Waals surface area contributed by atoms with Gasteiger partial charge in [0.1, 0.15) is 5.52 Å². The molecule has 0 unspecified atom stereocenters. The van der Waals surface area contributed by atoms with Crippen LogP contribution in [0.1, 0.15) is 12.8 Å². The highest BCUT2D eigenvalue weighted by atomic mass is 15.2. The minimum atomic E-state index is 0.246. The van der Waals surface area contributed by atoms with Crippen molar-refractivity contribution in [2.75, 3.05) is 24.2 Å². The molecule has 3 N–H and O–H groups in total. The Labute approximate surface area is 99.6 Å². The van der Waals surface area contributed by atoms with Crippen molar-refractivity contribution >= 4 is 22.9 Å². The van der Waals surface area contributed by atoms with E-state index in [-0.39, 0.29) is 5.95 Å². The van der Waals surface area contributed by atoms with Gasteiger partial charge in [0.2, 0.25) is 5.95 Å². The molecule has 0 aliphatic carbocycles. The Morgan fingerprint density at radius 3 is 3.12 bits per heavy atom. The average molecular weight is 232 g/mol. The van der Waals surface area contributed by atoms with Gasteiger partial charge in [-0.15, -0.1) is 6.58 Å². The van der Waals surface area contributed by atoms with Gasteiger partial charge in [0, 0.05) is 13.6 Å². The molecule has 2 rings (SSSR count). The van der Waals surface area contributed by atoms with Crippen molar-refractivity contribution in [2.24, 2.45) is 0 Å². The maximum Gasteiger partial charge on any atom is 0.224 e. The first-order valence-corrected chi connectivity index (χ1v) is 5.51. The second kappa shape index (κ2) is 4.82. The maximum absolute atomic E-state index is 5.66. The zero-order valence-electron chi connectivity index (χ0n) is 9.85. The summed E-state index contributed by atoms with van der Waals surface area (Å²) in [5, 5.41) is 0. The number of nitrogens with zero attached hydrogens (tertiary/aromatic N) is 4. The lowest BCUT2D eigenvalue weighted by atomic mass is 10.3. The Morgan fingerprint density at radius 2 is 2.35 bits per heavy atom. The molecule has 0 amide bonds. The van der Waals surface area contributed by atoms with Crippen LogP contribution in [0.3, 0.4) is 0 Å². The van der Waals surface area contributed by atoms with E-state index in [1.807, 2.05) is 18.0 Å². The smallest absolute Gasteiger partial charge is 0.224 e. The Morgan fingerprint density at radius 1 is 1.53 bits per heavy atom. The molecule has 0 aliphatic heterocycles. The minimum absolute atomic E-state index is 0.246. The topological polar surface area (TPSA) is 83.7 Å². The molecule has 6 heteroatoms. The molecule has 0 saturated carbocycles. The second-order valence-corrected chi connectivity index (χ2v) is 3.86. The molecule has 0 atom stereocenters. The number of hydrogen-bond donors (Lipinski definition) is 2. The number of anilines is 2. The fourth-order valence-electron chi connectivity index (χ4n) is 1.69. The summed E-state index contributed by atoms with van der Waals surface area (Å²) in [7, 11) is 1.98. The maximum atomic E-state index is 5.66. The lowest BCUT2D eigenvalue weighted by molar-refractivity contribution is 0.794. The van der Waals surface area contributed by atoms with Crippen molar-refractivity contribution < 1.29 is 0 Å². The van der Waals surface area contributed by atoms with Crippen LogP contribution in [0.2, 0.25) is 0 Å². The summed E-state index contributed by atoms with van der Waals surface area (Å²) in [4.78, 5) is 17.5. The third-order valence-corrected chi connectivity index (χ3v) is 2.55. The van der Waals surface area contributed by atoms with E-state index in [0.717, 1.165) is 30.7 Å². The molecule has 0 spiro atoms. The quantitative estimate of drug-likeness (QED) is 0.600. The van der Waals surface area contributed by atoms with Crippen LogP contribution < -0.4 is 10.6 Å². The first-order valence-electron chi connectivity index (χ1n) is 5.51. The largest absolute Gasteiger partial charge is 0.368 e. The molecule has 2 heterocycles. The summed E-state index contributed by atoms with van der Waals surface area (Å²) in [5.41, 5.74) is 7.08. The Hall–Kier alpha value is -2.11. The molecule has 0 bridgehead atoms. The van der Waals surface area contributed by atoms with Crippen LogP contribution in [0.5, 0.6) is 0 Å². The monoisotopic (exact) mass is 232 g/mol. The van der Waals surface area contributed by atoms with Crippen LogP contribution in [-0.2, 0) is 0 Å². The molecule has 0 saturated heterocycles. The lowest BCUT2D eigenvalue weighted by Crippen LogP contribution is -2.20. The first kappa shape index (κ1) is 11.4. The molecule has 0 fully saturated rings. The zero-order chi connectivity index (χ0) is 12.3. The van der Waals surface area contributed by atoms with Gasteiger partial charge in [-0.1, -0.05) is 6.08 Å². The third-order valence-electron chi connectivity index (χ3n) is 2.55. The van der Waals surface area contributed by atoms with Crippen LogP contribution in [0, 0.1) is 0 Å². The van der Waals surface area contributed by atoms with Gasteiger partial charge in [0.15, 0.2) is 11.5 Å². The lowest BCUT2D eigenvalue weighted by Gasteiger charge is -2.18. The molecule has 0 radical (unpaired) electrons. The second-order valence-electron chi connectivity index (χ2n) is 3.86. The van der Waals surface area contributed by atoms with E-state index < -0.39 is 0 Å². The molecule has 2 aromatic heterocycles. The number of imidazole rings is 1. The Balaban J connectivity index is 2.26. The predicted molar refractivity (Wildman–Crippen MR) is 68.8 cm³/mol. The summed E-state index contributed by atoms with van der Waals surface area (Å²) in [5.74, 6) is 1.03. The van der Waals surface area contributed by atoms with E-state index >= 15 is 0 Å². The molecular formula is C11H16N6. The summed E-state index contributed by atoms with van der Waals surface area (Å²) in [6, 6.07) is 0. The van der Waals surface area contributed by atoms with Gasteiger partial charge in [-0.05, 0) is 12.8 Å². The minimum Gasteiger partial charge on any atom is -0.368 e. The van der Waals surface area contributed by atoms with E-state index in [1.54, 1.807) is 6.33 Å². The van der Waals surface area contributed by atoms with Crippen LogP contribution in [0.4, 0.5) is 11.8 Å². The highest BCUT2D eigenvalue weighted by Gasteiger charge is 2.11. The molecular weight excluding hydrogens is 216 g/mol. The summed E-state index contributed by atoms with van der Waals surface area (Å²) < 4.78 is 0. The van der Waals surface area contributed by atoms with Gasteiger partial charge < -0.3 is 15.6 Å². The number of H-pyrrole nitrogens is 1. The summed E-state index contributed by atoms with van der Waals surface area (Å²) in [6.45, 7) is 4.59. The Kier molecular flexibility index (Phi) is 3.22. The molecule has 90 valence electrons. The van der Waals surface area contributed by atoms with E-state index in [9.17, 15) is 0 Å². The molecule has 2 aromatic rings. The van der Waals surface area contributed by atoms with Gasteiger partial charge in [-0.25, -0.2) is 4.98 Å². The van der Waals surface area contributed by atoms with E-state index in [0.29, 0.717) is 5.65 Å². The van der Waals surface area contributed by atoms with Gasteiger partial charge >= 0.3 is 0 Å². The number of unbranched alkanes of at least 4 members (excludes halogenated alkanes) is 1. The first-order chi connectivity index (χ1) is 8.22. The number of allylic oxidation sites excluding steroid dienone is 1. The third kappa shape index (κ3) is 2.35. The number of hydrogen-bond acceptors (Lipinski definition) is 5. The fraction of sp³-hybridized carbons (Fsp3) is 0.364. The van der Waals surface area contributed by atoms with Gasteiger partial charge in [-0.2, -0.15) is 9.97 Å². The standard InChI is InChI=1S/C11H16N6/c1-3-4-5-6-17(2)10-8-9(14-7-13-8)15-11(12)16-10/h3,7H,1,4-6H2,2H3,(H3,12,13,14,15,16). The van der Waals surface area contributed by atoms with Gasteiger partial charge in [-0.3, -0.25) is 0 Å². The fourth-order valence-corrected chi connectivity index (χ4v) is 1.69. The molecule has 0 aliphatic rings. The normalized spacial score (nSPS) is 10.6. The number of aromatic nitrogens is 4. The molecule has 17 heavy (non-hydrogen) atoms. The van der Waals surface area contributed by atoms with Crippen molar-refractivity contribution in [3.8, 4) is 0 Å². The molecule has 6 nitrogen and oxygen atoms in total. The van der Waals surface area contributed by atoms with Gasteiger partial charge in [0.05, 0.1) is 6.33 Å². The van der Waals surface area contributed by atoms with E-state index in [2.05, 4.69) is 26.5 Å². The van der Waals surface area contributed by atoms with Crippen molar-refractivity contribution in [1.82, 2.24) is 19.9 Å². The molecule has 0 aromatic carbocycles. The summed E-state index contributed by atoms with van der Waals surface area (Å²) in [6.07, 6.45) is 5.52. The summed E-state index contributed by atoms with van der Waals surface area (Å²) >= 11 is 0. The Bertz CT molecular complexity index is 518. The van der Waals surface area contributed by atoms with E-state index in [4.69, 9.17) is 5.73 Å². The number of rotatable bonds is 5. The van der Waals surface area contributed by atoms with E-state index in [1.165, 1.54) is 0 Å². The zero-order valence-corrected chi connectivity index (χ0v) is 9.85. The van der Waals surface area contributed by atoms with Crippen LogP contribution >= 0.6 is 0 Å². The highest BCUT2D eigenvalue weighted by molar-refractivity contribution is 5.83. The SMILES string of the molecule is C=CCCCN(C)c1nc(N)nc2nc[nH]c12. The van der Waals surface area contributed by atoms with Crippen molar-refractivity contribution in [1.29, 1.82) is 0 Å². The van der Waals surface area contributed by atoms with Crippen molar-refractivity contribution in [3.05, 3.63) is 19.0 Å². The van der Waals surface area contributed by atoms with Crippen molar-refractivity contribution in [2.45, 2.75) is 12.8 Å². The number of nitrogens with one attached hydrogen (secondary N) is 1. The average Bonchev–Trinajstić information content (AvgIpc) is 2.75. The van der Waals surface area contributed by atoms with Crippen LogP contribution in [0.15, 0.2) is 19.0 Å². The van der Waals surface area contributed by atoms with Gasteiger partial charge in [0.25, 0.3) is 0 Å².